The van der Waals surface area contributed by atoms with Crippen molar-refractivity contribution < 1.29 is 27.3 Å². The number of carbonyl (C=O) groups is 1. The molecule has 11 heavy (non-hydrogen) atoms. The number of ether oxygens (including phenoxy) is 1. The van der Waals surface area contributed by atoms with Gasteiger partial charge in [0.2, 0.25) is 0 Å². The number of hydrogen-bond acceptors (Lipinski definition) is 2. The van der Waals surface area contributed by atoms with Gasteiger partial charge >= 0.3 is 0 Å². The summed E-state index contributed by atoms with van der Waals surface area (Å²) in [5, 5.41) is 2.28. The first-order valence-corrected chi connectivity index (χ1v) is 3.26. The van der Waals surface area contributed by atoms with Crippen LogP contribution in [0.15, 0.2) is 12.2 Å². The summed E-state index contributed by atoms with van der Waals surface area (Å²) in [7, 11) is 1.31. The molecule has 0 saturated carbocycles. The van der Waals surface area contributed by atoms with Crippen LogP contribution in [0, 0.1) is 0 Å². The Morgan fingerprint density at radius 1 is 1.73 bits per heavy atom. The fraction of sp³-hybridized carbons (Fsp3) is 0.571. The van der Waals surface area contributed by atoms with Crippen molar-refractivity contribution in [1.82, 2.24) is 0 Å². The van der Waals surface area contributed by atoms with E-state index in [-0.39, 0.29) is 12.4 Å². The van der Waals surface area contributed by atoms with Crippen LogP contribution >= 0.6 is 0 Å². The number of hydrogen-bond donors (Lipinski definition) is 1. The summed E-state index contributed by atoms with van der Waals surface area (Å²) in [6.45, 7) is 6.63. The van der Waals surface area contributed by atoms with Gasteiger partial charge < -0.3 is 22.5 Å². The molecule has 0 aliphatic carbocycles. The lowest BCUT2D eigenvalue weighted by Crippen LogP contribution is -3.00. The lowest BCUT2D eigenvalue weighted by Gasteiger charge is -1.76. The molecular formula is C7H14ClNO2. The van der Waals surface area contributed by atoms with Crippen LogP contribution in [0.4, 0.5) is 0 Å². The smallest absolute Gasteiger partial charge is 0.292 e. The van der Waals surface area contributed by atoms with E-state index in [0.717, 1.165) is 0 Å². The lowest BCUT2D eigenvalue weighted by molar-refractivity contribution is -0.632. The highest BCUT2D eigenvalue weighted by atomic mass is 35.5. The zero-order valence-electron chi connectivity index (χ0n) is 6.68. The fourth-order valence-corrected chi connectivity index (χ4v) is 0.714. The number of nitrogens with two attached hydrogens (primary N) is 1. The zero-order chi connectivity index (χ0) is 7.82. The number of quaternary nitrogens is 1. The Balaban J connectivity index is 0. The summed E-state index contributed by atoms with van der Waals surface area (Å²) < 4.78 is 3.86. The van der Waals surface area contributed by atoms with Gasteiger partial charge in [-0.2, -0.15) is 0 Å². The number of halogens is 1. The standard InChI is InChI=1S/C5H9N.C2H4O2.ClH/c1-5-2-3-6-4-5;1-4-2-3;/h6H,1-4H2;2H,1H3;1H. The largest absolute Gasteiger partial charge is 1.00 e. The molecule has 0 radical (unpaired) electrons. The third kappa shape index (κ3) is 9.46. The summed E-state index contributed by atoms with van der Waals surface area (Å²) in [5.74, 6) is 0. The molecule has 1 heterocycles. The van der Waals surface area contributed by atoms with Crippen LogP contribution in [0.3, 0.4) is 0 Å². The molecule has 4 heteroatoms. The van der Waals surface area contributed by atoms with E-state index < -0.39 is 0 Å². The Bertz CT molecular complexity index is 109. The van der Waals surface area contributed by atoms with Gasteiger partial charge in [-0.3, -0.25) is 4.79 Å². The molecular weight excluding hydrogens is 166 g/mol. The molecule has 0 amide bonds. The first kappa shape index (κ1) is 13.1. The van der Waals surface area contributed by atoms with Crippen molar-refractivity contribution in [3.8, 4) is 0 Å². The van der Waals surface area contributed by atoms with Crippen molar-refractivity contribution in [3.63, 3.8) is 0 Å². The molecule has 0 aromatic rings. The zero-order valence-corrected chi connectivity index (χ0v) is 7.43. The molecule has 3 nitrogen and oxygen atoms in total. The maximum absolute atomic E-state index is 8.95. The minimum atomic E-state index is 0. The van der Waals surface area contributed by atoms with Gasteiger partial charge in [-0.25, -0.2) is 0 Å². The van der Waals surface area contributed by atoms with Gasteiger partial charge in [0, 0.05) is 6.42 Å². The van der Waals surface area contributed by atoms with E-state index in [2.05, 4.69) is 16.6 Å². The van der Waals surface area contributed by atoms with E-state index in [0.29, 0.717) is 6.47 Å². The summed E-state index contributed by atoms with van der Waals surface area (Å²) in [4.78, 5) is 8.95. The molecule has 0 bridgehead atoms. The Hall–Kier alpha value is -0.540. The fourth-order valence-electron chi connectivity index (χ4n) is 0.714. The van der Waals surface area contributed by atoms with E-state index in [1.807, 2.05) is 0 Å². The summed E-state index contributed by atoms with van der Waals surface area (Å²) in [6, 6.07) is 0. The van der Waals surface area contributed by atoms with Gasteiger partial charge in [0.25, 0.3) is 6.47 Å². The molecule has 0 aromatic carbocycles. The molecule has 1 saturated heterocycles. The van der Waals surface area contributed by atoms with Crippen LogP contribution in [-0.4, -0.2) is 26.7 Å². The number of methoxy groups -OCH3 is 1. The predicted molar refractivity (Wildman–Crippen MR) is 38.5 cm³/mol. The SMILES string of the molecule is C=C1CC[NH2+]C1.COC=O.[Cl-]. The second kappa shape index (κ2) is 9.46. The molecule has 1 fully saturated rings. The Morgan fingerprint density at radius 3 is 2.36 bits per heavy atom. The van der Waals surface area contributed by atoms with Crippen molar-refractivity contribution in [3.05, 3.63) is 12.2 Å². The number of rotatable bonds is 1. The summed E-state index contributed by atoms with van der Waals surface area (Å²) >= 11 is 0. The quantitative estimate of drug-likeness (QED) is 0.333. The highest BCUT2D eigenvalue weighted by molar-refractivity contribution is 5.36. The van der Waals surface area contributed by atoms with Crippen LogP contribution < -0.4 is 17.7 Å². The average Bonchev–Trinajstić information content (AvgIpc) is 2.40. The first-order valence-electron chi connectivity index (χ1n) is 3.26. The normalized spacial score (nSPS) is 14.1. The molecule has 0 aromatic heterocycles. The van der Waals surface area contributed by atoms with Crippen molar-refractivity contribution in [2.45, 2.75) is 6.42 Å². The van der Waals surface area contributed by atoms with Gasteiger partial charge in [0.1, 0.15) is 0 Å². The molecule has 66 valence electrons. The predicted octanol–water partition coefficient (Wildman–Crippen LogP) is -3.70. The molecule has 0 unspecified atom stereocenters. The van der Waals surface area contributed by atoms with E-state index in [1.165, 1.54) is 32.2 Å². The Kier molecular flexibility index (Phi) is 11.2. The average molecular weight is 180 g/mol. The highest BCUT2D eigenvalue weighted by Crippen LogP contribution is 1.92. The van der Waals surface area contributed by atoms with Crippen molar-refractivity contribution in [2.75, 3.05) is 20.2 Å². The number of carbonyl (C=O) groups excluding carboxylic acids is 1. The third-order valence-corrected chi connectivity index (χ3v) is 1.23. The van der Waals surface area contributed by atoms with E-state index in [1.54, 1.807) is 0 Å². The molecule has 1 aliphatic rings. The summed E-state index contributed by atoms with van der Waals surface area (Å²) in [6.07, 6.45) is 1.24. The van der Waals surface area contributed by atoms with Gasteiger partial charge in [0.05, 0.1) is 20.2 Å². The minimum absolute atomic E-state index is 0. The Morgan fingerprint density at radius 2 is 2.27 bits per heavy atom. The second-order valence-corrected chi connectivity index (χ2v) is 2.11. The van der Waals surface area contributed by atoms with Crippen molar-refractivity contribution >= 4 is 6.47 Å². The highest BCUT2D eigenvalue weighted by Gasteiger charge is 2.03. The molecule has 0 atom stereocenters. The van der Waals surface area contributed by atoms with Crippen LogP contribution in [-0.2, 0) is 9.53 Å². The van der Waals surface area contributed by atoms with Crippen molar-refractivity contribution in [1.29, 1.82) is 0 Å². The molecule has 1 rings (SSSR count). The van der Waals surface area contributed by atoms with Crippen molar-refractivity contribution in [2.24, 2.45) is 0 Å². The molecule has 0 spiro atoms. The second-order valence-electron chi connectivity index (χ2n) is 2.11. The van der Waals surface area contributed by atoms with E-state index in [9.17, 15) is 0 Å². The van der Waals surface area contributed by atoms with Gasteiger partial charge in [-0.15, -0.1) is 0 Å². The maximum Gasteiger partial charge on any atom is 0.292 e. The van der Waals surface area contributed by atoms with Crippen LogP contribution in [0.25, 0.3) is 0 Å². The van der Waals surface area contributed by atoms with Gasteiger partial charge in [-0.1, -0.05) is 6.58 Å². The lowest BCUT2D eigenvalue weighted by atomic mass is 10.3. The maximum atomic E-state index is 8.95. The molecule has 1 aliphatic heterocycles. The monoisotopic (exact) mass is 179 g/mol. The minimum Gasteiger partial charge on any atom is -1.00 e. The van der Waals surface area contributed by atoms with Crippen LogP contribution in [0.2, 0.25) is 0 Å². The van der Waals surface area contributed by atoms with Gasteiger partial charge in [0.15, 0.2) is 0 Å². The third-order valence-electron chi connectivity index (χ3n) is 1.23. The topological polar surface area (TPSA) is 42.9 Å². The summed E-state index contributed by atoms with van der Waals surface area (Å²) in [5.41, 5.74) is 1.40. The van der Waals surface area contributed by atoms with Crippen LogP contribution in [0.1, 0.15) is 6.42 Å². The molecule has 2 N–H and O–H groups in total. The van der Waals surface area contributed by atoms with Gasteiger partial charge in [-0.05, 0) is 5.57 Å². The first-order chi connectivity index (χ1) is 4.81. The Labute approximate surface area is 73.2 Å². The van der Waals surface area contributed by atoms with Crippen LogP contribution in [0.5, 0.6) is 0 Å². The van der Waals surface area contributed by atoms with E-state index in [4.69, 9.17) is 4.79 Å². The van der Waals surface area contributed by atoms with E-state index >= 15 is 0 Å².